The van der Waals surface area contributed by atoms with Crippen LogP contribution >= 0.6 is 22.7 Å². The van der Waals surface area contributed by atoms with E-state index in [1.807, 2.05) is 12.1 Å². The molecule has 1 amide bonds. The molecule has 1 aliphatic rings. The molecular weight excluding hydrogens is 602 g/mol. The molecule has 3 aromatic carbocycles. The summed E-state index contributed by atoms with van der Waals surface area (Å²) in [5, 5.41) is 16.4. The number of sulfonamides is 1. The lowest BCUT2D eigenvalue weighted by molar-refractivity contribution is -0.380. The number of hydrogen-bond donors (Lipinski definition) is 0. The van der Waals surface area contributed by atoms with Crippen molar-refractivity contribution >= 4 is 70.9 Å². The van der Waals surface area contributed by atoms with Crippen LogP contribution in [0.25, 0.3) is 10.2 Å². The largest absolute Gasteiger partial charge is 0.324 e. The Morgan fingerprint density at radius 2 is 1.86 bits per heavy atom. The van der Waals surface area contributed by atoms with Gasteiger partial charge in [-0.2, -0.15) is 10.1 Å². The number of aryl methyl sites for hydroxylation is 1. The number of thiophene rings is 1. The third kappa shape index (κ3) is 5.26. The van der Waals surface area contributed by atoms with Crippen LogP contribution in [0.3, 0.4) is 0 Å². The van der Waals surface area contributed by atoms with Gasteiger partial charge in [0.05, 0.1) is 36.8 Å². The average Bonchev–Trinajstić information content (AvgIpc) is 3.64. The number of hydrazone groups is 1. The Morgan fingerprint density at radius 1 is 1.07 bits per heavy atom. The monoisotopic (exact) mass is 621 g/mol. The van der Waals surface area contributed by atoms with Crippen molar-refractivity contribution in [1.29, 1.82) is 0 Å². The predicted octanol–water partition coefficient (Wildman–Crippen LogP) is 6.23. The number of carbonyl (C=O) groups is 1. The topological polar surface area (TPSA) is 126 Å². The fourth-order valence-corrected chi connectivity index (χ4v) is 7.73. The van der Waals surface area contributed by atoms with Gasteiger partial charge in [0, 0.05) is 18.2 Å². The maximum absolute atomic E-state index is 13.8. The normalized spacial score (nSPS) is 13.4. The molecule has 0 N–H and O–H groups in total. The highest BCUT2D eigenvalue weighted by Crippen LogP contribution is 2.33. The molecule has 3 heterocycles. The first-order valence-electron chi connectivity index (χ1n) is 12.6. The molecule has 2 aromatic heterocycles. The number of aromatic nitrogens is 1. The molecule has 14 heteroatoms. The number of fused-ring (bicyclic) bond motifs is 2. The van der Waals surface area contributed by atoms with E-state index in [0.717, 1.165) is 39.7 Å². The smallest absolute Gasteiger partial charge is 0.267 e. The van der Waals surface area contributed by atoms with Gasteiger partial charge in [-0.15, -0.1) is 0 Å². The molecule has 1 aliphatic heterocycles. The van der Waals surface area contributed by atoms with E-state index in [-0.39, 0.29) is 20.6 Å². The van der Waals surface area contributed by atoms with Crippen LogP contribution in [0.15, 0.2) is 88.9 Å². The number of benzene rings is 3. The van der Waals surface area contributed by atoms with Crippen molar-refractivity contribution in [3.63, 3.8) is 0 Å². The van der Waals surface area contributed by atoms with Crippen LogP contribution in [-0.2, 0) is 16.4 Å². The van der Waals surface area contributed by atoms with E-state index in [1.165, 1.54) is 65.1 Å². The molecule has 6 rings (SSSR count). The number of amides is 1. The fourth-order valence-electron chi connectivity index (χ4n) is 4.56. The summed E-state index contributed by atoms with van der Waals surface area (Å²) in [5.74, 6) is -1.08. The van der Waals surface area contributed by atoms with Crippen molar-refractivity contribution in [2.45, 2.75) is 17.7 Å². The zero-order valence-corrected chi connectivity index (χ0v) is 24.0. The summed E-state index contributed by atoms with van der Waals surface area (Å²) in [6, 6.07) is 19.8. The summed E-state index contributed by atoms with van der Waals surface area (Å²) in [6.07, 6.45) is 2.79. The molecule has 0 saturated carbocycles. The van der Waals surface area contributed by atoms with Gasteiger partial charge in [-0.25, -0.2) is 17.8 Å². The van der Waals surface area contributed by atoms with Gasteiger partial charge in [0.25, 0.3) is 15.9 Å². The van der Waals surface area contributed by atoms with Gasteiger partial charge >= 0.3 is 5.00 Å². The zero-order chi connectivity index (χ0) is 29.4. The average molecular weight is 622 g/mol. The first-order chi connectivity index (χ1) is 20.2. The second kappa shape index (κ2) is 11.0. The lowest BCUT2D eigenvalue weighted by Gasteiger charge is -2.30. The van der Waals surface area contributed by atoms with Gasteiger partial charge in [-0.05, 0) is 73.0 Å². The lowest BCUT2D eigenvalue weighted by atomic mass is 10.0. The molecule has 0 radical (unpaired) electrons. The second-order valence-electron chi connectivity index (χ2n) is 9.24. The van der Waals surface area contributed by atoms with E-state index < -0.39 is 26.7 Å². The van der Waals surface area contributed by atoms with Gasteiger partial charge in [-0.1, -0.05) is 40.9 Å². The standard InChI is InChI=1S/C28H20FN5O5S3/c29-20-9-13-23-25(16-20)41-28(31-23)33(30-17-21-10-14-26(40-21)34(36)37)27(35)19-7-11-22(12-8-19)42(38,39)32-15-3-5-18-4-1-2-6-24(18)32/h1-2,4,6-14,16-17H,3,5,15H2/b30-17+. The van der Waals surface area contributed by atoms with Crippen LogP contribution in [0, 0.1) is 15.9 Å². The van der Waals surface area contributed by atoms with E-state index in [9.17, 15) is 27.7 Å². The summed E-state index contributed by atoms with van der Waals surface area (Å²) in [4.78, 5) is 29.1. The van der Waals surface area contributed by atoms with Crippen molar-refractivity contribution < 1.29 is 22.5 Å². The molecule has 212 valence electrons. The molecule has 5 aromatic rings. The van der Waals surface area contributed by atoms with E-state index in [1.54, 1.807) is 12.1 Å². The Morgan fingerprint density at radius 3 is 2.62 bits per heavy atom. The van der Waals surface area contributed by atoms with Crippen LogP contribution in [0.5, 0.6) is 0 Å². The van der Waals surface area contributed by atoms with Gasteiger partial charge in [-0.3, -0.25) is 19.2 Å². The molecule has 0 atom stereocenters. The number of hydrogen-bond acceptors (Lipinski definition) is 9. The number of anilines is 2. The SMILES string of the molecule is O=C(c1ccc(S(=O)(=O)N2CCCc3ccccc32)cc1)N(/N=C/c1ccc([N+](=O)[O-])s1)c1nc2ccc(F)cc2s1. The predicted molar refractivity (Wildman–Crippen MR) is 161 cm³/mol. The number of carbonyl (C=O) groups excluding carboxylic acids is 1. The number of thiazole rings is 1. The first kappa shape index (κ1) is 27.6. The highest BCUT2D eigenvalue weighted by molar-refractivity contribution is 7.92. The van der Waals surface area contributed by atoms with Crippen LogP contribution in [0.1, 0.15) is 27.2 Å². The zero-order valence-electron chi connectivity index (χ0n) is 21.6. The Kier molecular flexibility index (Phi) is 7.26. The molecule has 10 nitrogen and oxygen atoms in total. The van der Waals surface area contributed by atoms with Gasteiger partial charge in [0.1, 0.15) is 5.82 Å². The minimum absolute atomic E-state index is 0.0344. The van der Waals surface area contributed by atoms with Crippen LogP contribution in [-0.4, -0.2) is 37.0 Å². The number of para-hydroxylation sites is 1. The summed E-state index contributed by atoms with van der Waals surface area (Å²) in [7, 11) is -3.88. The lowest BCUT2D eigenvalue weighted by Crippen LogP contribution is -2.35. The molecule has 0 saturated heterocycles. The Labute approximate surface area is 247 Å². The molecule has 0 bridgehead atoms. The molecule has 0 aliphatic carbocycles. The summed E-state index contributed by atoms with van der Waals surface area (Å²) >= 11 is 1.92. The molecule has 42 heavy (non-hydrogen) atoms. The van der Waals surface area contributed by atoms with Crippen LogP contribution in [0.4, 0.5) is 20.2 Å². The van der Waals surface area contributed by atoms with Crippen molar-refractivity contribution in [3.8, 4) is 0 Å². The number of rotatable bonds is 7. The van der Waals surface area contributed by atoms with E-state index in [0.29, 0.717) is 33.7 Å². The minimum atomic E-state index is -3.88. The maximum Gasteiger partial charge on any atom is 0.324 e. The van der Waals surface area contributed by atoms with E-state index in [2.05, 4.69) is 10.1 Å². The number of halogens is 1. The number of nitro groups is 1. The molecule has 0 unspecified atom stereocenters. The Bertz CT molecular complexity index is 1970. The molecule has 0 spiro atoms. The maximum atomic E-state index is 13.8. The van der Waals surface area contributed by atoms with E-state index >= 15 is 0 Å². The molecule has 0 fully saturated rings. The second-order valence-corrected chi connectivity index (χ2v) is 13.2. The van der Waals surface area contributed by atoms with Gasteiger partial charge < -0.3 is 0 Å². The number of nitrogens with zero attached hydrogens (tertiary/aromatic N) is 5. The third-order valence-electron chi connectivity index (χ3n) is 6.56. The third-order valence-corrected chi connectivity index (χ3v) is 10.4. The quantitative estimate of drug-likeness (QED) is 0.121. The molecular formula is C28H20FN5O5S3. The minimum Gasteiger partial charge on any atom is -0.267 e. The van der Waals surface area contributed by atoms with Crippen molar-refractivity contribution in [3.05, 3.63) is 111 Å². The Hall–Kier alpha value is -4.53. The highest BCUT2D eigenvalue weighted by atomic mass is 32.2. The first-order valence-corrected chi connectivity index (χ1v) is 15.7. The van der Waals surface area contributed by atoms with Crippen molar-refractivity contribution in [1.82, 2.24) is 4.98 Å². The summed E-state index contributed by atoms with van der Waals surface area (Å²) in [6.45, 7) is 0.349. The van der Waals surface area contributed by atoms with Gasteiger partial charge in [0.2, 0.25) is 5.13 Å². The van der Waals surface area contributed by atoms with Crippen molar-refractivity contribution in [2.24, 2.45) is 5.10 Å². The highest BCUT2D eigenvalue weighted by Gasteiger charge is 2.29. The Balaban J connectivity index is 1.33. The van der Waals surface area contributed by atoms with Crippen molar-refractivity contribution in [2.75, 3.05) is 15.9 Å². The van der Waals surface area contributed by atoms with Crippen LogP contribution in [0.2, 0.25) is 0 Å². The van der Waals surface area contributed by atoms with E-state index in [4.69, 9.17) is 0 Å². The summed E-state index contributed by atoms with van der Waals surface area (Å²) in [5.41, 5.74) is 2.19. The van der Waals surface area contributed by atoms with Gasteiger partial charge in [0.15, 0.2) is 0 Å². The fraction of sp³-hybridized carbons (Fsp3) is 0.107. The summed E-state index contributed by atoms with van der Waals surface area (Å²) < 4.78 is 42.8. The van der Waals surface area contributed by atoms with Crippen LogP contribution < -0.4 is 9.31 Å².